The Hall–Kier alpha value is -4.23. The van der Waals surface area contributed by atoms with Crippen molar-refractivity contribution in [3.63, 3.8) is 0 Å². The third-order valence-corrected chi connectivity index (χ3v) is 8.00. The molecule has 7 heteroatoms. The number of carboxylic acids is 1. The van der Waals surface area contributed by atoms with E-state index in [0.29, 0.717) is 25.1 Å². The fourth-order valence-corrected chi connectivity index (χ4v) is 5.46. The predicted molar refractivity (Wildman–Crippen MR) is 146 cm³/mol. The molecule has 0 bridgehead atoms. The summed E-state index contributed by atoms with van der Waals surface area (Å²) in [5, 5.41) is 18.2. The second kappa shape index (κ2) is 9.33. The number of carboxylic acid groups (broad SMARTS) is 1. The smallest absolute Gasteiger partial charge is 0.314 e. The lowest BCUT2D eigenvalue weighted by Crippen LogP contribution is -2.19. The van der Waals surface area contributed by atoms with E-state index in [1.807, 2.05) is 79.9 Å². The Morgan fingerprint density at radius 1 is 0.946 bits per heavy atom. The Bertz CT molecular complexity index is 1550. The van der Waals surface area contributed by atoms with Crippen LogP contribution in [0.1, 0.15) is 29.0 Å². The van der Waals surface area contributed by atoms with E-state index in [9.17, 15) is 9.90 Å². The molecule has 1 aliphatic rings. The van der Waals surface area contributed by atoms with Gasteiger partial charge in [0.1, 0.15) is 16.4 Å². The SMILES string of the molecule is Cc1noc(-c2ccc(-c3ccc(C4(C(=O)O)CC4)cc3)cc2)c1NCc1cnc(-c2ccccc2)s1. The molecule has 0 radical (unpaired) electrons. The number of nitrogens with zero attached hydrogens (tertiary/aromatic N) is 2. The number of aryl methyl sites for hydroxylation is 1. The monoisotopic (exact) mass is 507 g/mol. The molecular weight excluding hydrogens is 482 g/mol. The summed E-state index contributed by atoms with van der Waals surface area (Å²) < 4.78 is 5.69. The van der Waals surface area contributed by atoms with E-state index in [2.05, 4.69) is 27.6 Å². The van der Waals surface area contributed by atoms with E-state index in [4.69, 9.17) is 4.52 Å². The van der Waals surface area contributed by atoms with Crippen LogP contribution in [-0.2, 0) is 16.8 Å². The highest BCUT2D eigenvalue weighted by Gasteiger charge is 2.51. The lowest BCUT2D eigenvalue weighted by Gasteiger charge is -2.11. The Morgan fingerprint density at radius 3 is 2.24 bits per heavy atom. The third-order valence-electron chi connectivity index (χ3n) is 6.95. The van der Waals surface area contributed by atoms with Gasteiger partial charge in [0.25, 0.3) is 0 Å². The first-order chi connectivity index (χ1) is 18.0. The Balaban J connectivity index is 1.17. The number of thiazole rings is 1. The van der Waals surface area contributed by atoms with Crippen LogP contribution in [0.4, 0.5) is 5.69 Å². The summed E-state index contributed by atoms with van der Waals surface area (Å²) >= 11 is 1.67. The van der Waals surface area contributed by atoms with Gasteiger partial charge in [-0.1, -0.05) is 84.0 Å². The van der Waals surface area contributed by atoms with Crippen LogP contribution in [0.2, 0.25) is 0 Å². The molecule has 6 nitrogen and oxygen atoms in total. The molecule has 6 rings (SSSR count). The maximum absolute atomic E-state index is 11.6. The fourth-order valence-electron chi connectivity index (χ4n) is 4.60. The molecule has 1 saturated carbocycles. The van der Waals surface area contributed by atoms with Gasteiger partial charge in [0, 0.05) is 22.2 Å². The Morgan fingerprint density at radius 2 is 1.59 bits per heavy atom. The standard InChI is InChI=1S/C30H25N3O3S/c1-19-26(31-17-25-18-32-28(37-25)23-5-3-2-4-6-23)27(36-33-19)22-9-7-20(8-10-22)21-11-13-24(14-12-21)30(15-16-30)29(34)35/h2-14,18,31H,15-17H2,1H3,(H,34,35). The molecule has 1 aliphatic carbocycles. The highest BCUT2D eigenvalue weighted by molar-refractivity contribution is 7.15. The van der Waals surface area contributed by atoms with Crippen LogP contribution < -0.4 is 5.32 Å². The molecule has 0 unspecified atom stereocenters. The van der Waals surface area contributed by atoms with Crippen LogP contribution in [0.5, 0.6) is 0 Å². The van der Waals surface area contributed by atoms with Crippen LogP contribution >= 0.6 is 11.3 Å². The van der Waals surface area contributed by atoms with E-state index in [-0.39, 0.29) is 0 Å². The number of hydrogen-bond donors (Lipinski definition) is 2. The van der Waals surface area contributed by atoms with Gasteiger partial charge in [-0.3, -0.25) is 4.79 Å². The summed E-state index contributed by atoms with van der Waals surface area (Å²) in [6.45, 7) is 2.55. The van der Waals surface area contributed by atoms with Crippen molar-refractivity contribution in [2.24, 2.45) is 0 Å². The van der Waals surface area contributed by atoms with Gasteiger partial charge in [-0.25, -0.2) is 4.98 Å². The molecule has 2 aromatic heterocycles. The molecule has 1 fully saturated rings. The van der Waals surface area contributed by atoms with E-state index in [0.717, 1.165) is 49.1 Å². The summed E-state index contributed by atoms with van der Waals surface area (Å²) in [5.74, 6) is -0.0346. The zero-order chi connectivity index (χ0) is 25.4. The minimum Gasteiger partial charge on any atom is -0.481 e. The number of carbonyl (C=O) groups is 1. The molecule has 0 saturated heterocycles. The van der Waals surface area contributed by atoms with E-state index in [1.165, 1.54) is 0 Å². The predicted octanol–water partition coefficient (Wildman–Crippen LogP) is 7.17. The number of rotatable bonds is 8. The fraction of sp³-hybridized carbons (Fsp3) is 0.167. The molecular formula is C30H25N3O3S. The summed E-state index contributed by atoms with van der Waals surface area (Å²) in [6.07, 6.45) is 3.32. The van der Waals surface area contributed by atoms with Crippen molar-refractivity contribution in [2.45, 2.75) is 31.7 Å². The number of benzene rings is 3. The van der Waals surface area contributed by atoms with Gasteiger partial charge in [-0.15, -0.1) is 11.3 Å². The summed E-state index contributed by atoms with van der Waals surface area (Å²) in [7, 11) is 0. The summed E-state index contributed by atoms with van der Waals surface area (Å²) in [5.41, 5.74) is 6.01. The van der Waals surface area contributed by atoms with Crippen molar-refractivity contribution < 1.29 is 14.4 Å². The highest BCUT2D eigenvalue weighted by atomic mass is 32.1. The van der Waals surface area contributed by atoms with Gasteiger partial charge in [-0.05, 0) is 36.5 Å². The van der Waals surface area contributed by atoms with Crippen molar-refractivity contribution in [1.82, 2.24) is 10.1 Å². The first kappa shape index (κ1) is 23.2. The summed E-state index contributed by atoms with van der Waals surface area (Å²) in [4.78, 5) is 17.3. The minimum absolute atomic E-state index is 0.627. The summed E-state index contributed by atoms with van der Waals surface area (Å²) in [6, 6.07) is 26.2. The van der Waals surface area contributed by atoms with Crippen molar-refractivity contribution in [3.8, 4) is 33.0 Å². The number of nitrogens with one attached hydrogen (secondary N) is 1. The average Bonchev–Trinajstić information content (AvgIpc) is 3.49. The number of aromatic nitrogens is 2. The molecule has 5 aromatic rings. The van der Waals surface area contributed by atoms with Crippen molar-refractivity contribution >= 4 is 23.0 Å². The second-order valence-corrected chi connectivity index (χ2v) is 10.5. The van der Waals surface area contributed by atoms with Crippen LogP contribution in [-0.4, -0.2) is 21.2 Å². The molecule has 2 N–H and O–H groups in total. The van der Waals surface area contributed by atoms with E-state index >= 15 is 0 Å². The largest absolute Gasteiger partial charge is 0.481 e. The van der Waals surface area contributed by atoms with E-state index < -0.39 is 11.4 Å². The van der Waals surface area contributed by atoms with Gasteiger partial charge in [-0.2, -0.15) is 0 Å². The number of anilines is 1. The number of aliphatic carboxylic acids is 1. The van der Waals surface area contributed by atoms with Gasteiger partial charge in [0.2, 0.25) is 0 Å². The van der Waals surface area contributed by atoms with Crippen LogP contribution in [0.25, 0.3) is 33.0 Å². The molecule has 0 spiro atoms. The highest BCUT2D eigenvalue weighted by Crippen LogP contribution is 2.48. The Labute approximate surface area is 218 Å². The Kier molecular flexibility index (Phi) is 5.85. The molecule has 0 amide bonds. The maximum Gasteiger partial charge on any atom is 0.314 e. The van der Waals surface area contributed by atoms with Gasteiger partial charge in [0.15, 0.2) is 5.76 Å². The van der Waals surface area contributed by atoms with Crippen LogP contribution in [0, 0.1) is 6.92 Å². The topological polar surface area (TPSA) is 88.2 Å². The van der Waals surface area contributed by atoms with Gasteiger partial charge >= 0.3 is 5.97 Å². The number of hydrogen-bond acceptors (Lipinski definition) is 6. The van der Waals surface area contributed by atoms with Crippen LogP contribution in [0.15, 0.2) is 89.6 Å². The lowest BCUT2D eigenvalue weighted by atomic mass is 9.93. The van der Waals surface area contributed by atoms with Crippen LogP contribution in [0.3, 0.4) is 0 Å². The first-order valence-electron chi connectivity index (χ1n) is 12.2. The van der Waals surface area contributed by atoms with Gasteiger partial charge in [0.05, 0.1) is 12.0 Å². The zero-order valence-electron chi connectivity index (χ0n) is 20.3. The normalized spacial score (nSPS) is 13.9. The van der Waals surface area contributed by atoms with Gasteiger partial charge < -0.3 is 14.9 Å². The van der Waals surface area contributed by atoms with Crippen molar-refractivity contribution in [3.05, 3.63) is 101 Å². The van der Waals surface area contributed by atoms with Crippen molar-refractivity contribution in [1.29, 1.82) is 0 Å². The molecule has 0 aliphatic heterocycles. The molecule has 0 atom stereocenters. The molecule has 37 heavy (non-hydrogen) atoms. The molecule has 3 aromatic carbocycles. The zero-order valence-corrected chi connectivity index (χ0v) is 21.1. The quantitative estimate of drug-likeness (QED) is 0.231. The molecule has 184 valence electrons. The third kappa shape index (κ3) is 4.42. The van der Waals surface area contributed by atoms with E-state index in [1.54, 1.807) is 11.3 Å². The maximum atomic E-state index is 11.6. The minimum atomic E-state index is -0.733. The van der Waals surface area contributed by atoms with Crippen molar-refractivity contribution in [2.75, 3.05) is 5.32 Å². The first-order valence-corrected chi connectivity index (χ1v) is 13.0. The molecule has 2 heterocycles. The average molecular weight is 508 g/mol. The lowest BCUT2D eigenvalue weighted by molar-refractivity contribution is -0.140. The second-order valence-electron chi connectivity index (χ2n) is 9.37.